The number of benzene rings is 1. The Balaban J connectivity index is 2.15. The van der Waals surface area contributed by atoms with Gasteiger partial charge in [0.1, 0.15) is 11.7 Å². The normalized spacial score (nSPS) is 12.0. The average Bonchev–Trinajstić information content (AvgIpc) is 2.50. The fraction of sp³-hybridized carbons (Fsp3) is 0.267. The van der Waals surface area contributed by atoms with Gasteiger partial charge in [-0.15, -0.1) is 0 Å². The summed E-state index contributed by atoms with van der Waals surface area (Å²) in [6.45, 7) is 0.252. The van der Waals surface area contributed by atoms with Crippen LogP contribution in [0.3, 0.4) is 0 Å². The van der Waals surface area contributed by atoms with Gasteiger partial charge in [0.05, 0.1) is 5.52 Å². The van der Waals surface area contributed by atoms with E-state index in [1.165, 1.54) is 7.11 Å². The number of methoxy groups -OCH3 is 1. The zero-order valence-corrected chi connectivity index (χ0v) is 11.6. The lowest BCUT2D eigenvalue weighted by atomic mass is 10.2. The van der Waals surface area contributed by atoms with E-state index in [0.717, 1.165) is 5.39 Å². The van der Waals surface area contributed by atoms with Gasteiger partial charge in [-0.25, -0.2) is 9.78 Å². The van der Waals surface area contributed by atoms with Crippen molar-refractivity contribution >= 4 is 22.8 Å². The molecule has 0 fully saturated rings. The Labute approximate surface area is 121 Å². The van der Waals surface area contributed by atoms with Gasteiger partial charge in [-0.1, -0.05) is 24.3 Å². The smallest absolute Gasteiger partial charge is 0.326 e. The second-order valence-corrected chi connectivity index (χ2v) is 4.53. The van der Waals surface area contributed by atoms with E-state index >= 15 is 0 Å². The summed E-state index contributed by atoms with van der Waals surface area (Å²) in [4.78, 5) is 27.4. The number of nitrogens with zero attached hydrogens (tertiary/aromatic N) is 1. The SMILES string of the molecule is COCCC(NC(=O)c1ccc2ccccc2n1)C(=O)O. The van der Waals surface area contributed by atoms with Gasteiger partial charge in [-0.2, -0.15) is 0 Å². The number of hydrogen-bond acceptors (Lipinski definition) is 4. The largest absolute Gasteiger partial charge is 0.480 e. The number of carboxylic acids is 1. The van der Waals surface area contributed by atoms with E-state index in [0.29, 0.717) is 5.52 Å². The van der Waals surface area contributed by atoms with Crippen molar-refractivity contribution in [3.8, 4) is 0 Å². The van der Waals surface area contributed by atoms with Crippen LogP contribution in [-0.2, 0) is 9.53 Å². The monoisotopic (exact) mass is 288 g/mol. The molecule has 0 saturated carbocycles. The fourth-order valence-electron chi connectivity index (χ4n) is 1.92. The molecule has 2 aromatic rings. The van der Waals surface area contributed by atoms with Crippen LogP contribution in [-0.4, -0.2) is 41.7 Å². The van der Waals surface area contributed by atoms with E-state index in [1.807, 2.05) is 18.2 Å². The summed E-state index contributed by atoms with van der Waals surface area (Å²) in [5.74, 6) is -1.61. The van der Waals surface area contributed by atoms with Gasteiger partial charge < -0.3 is 15.2 Å². The molecular formula is C15H16N2O4. The molecule has 0 aliphatic rings. The highest BCUT2D eigenvalue weighted by Gasteiger charge is 2.21. The van der Waals surface area contributed by atoms with E-state index < -0.39 is 17.9 Å². The Bertz CT molecular complexity index is 657. The Morgan fingerprint density at radius 3 is 2.76 bits per heavy atom. The van der Waals surface area contributed by atoms with Gasteiger partial charge in [-0.3, -0.25) is 4.79 Å². The van der Waals surface area contributed by atoms with Crippen molar-refractivity contribution < 1.29 is 19.4 Å². The number of carbonyl (C=O) groups is 2. The highest BCUT2D eigenvalue weighted by atomic mass is 16.5. The number of aliphatic carboxylic acids is 1. The van der Waals surface area contributed by atoms with E-state index in [9.17, 15) is 9.59 Å². The number of carboxylic acid groups (broad SMARTS) is 1. The zero-order chi connectivity index (χ0) is 15.2. The maximum absolute atomic E-state index is 12.1. The molecule has 1 aromatic heterocycles. The van der Waals surface area contributed by atoms with Gasteiger partial charge in [0.15, 0.2) is 0 Å². The lowest BCUT2D eigenvalue weighted by molar-refractivity contribution is -0.139. The first-order valence-electron chi connectivity index (χ1n) is 6.50. The van der Waals surface area contributed by atoms with Gasteiger partial charge in [0.2, 0.25) is 0 Å². The Morgan fingerprint density at radius 2 is 2.05 bits per heavy atom. The third kappa shape index (κ3) is 3.76. The molecule has 1 unspecified atom stereocenters. The minimum Gasteiger partial charge on any atom is -0.480 e. The van der Waals surface area contributed by atoms with Crippen molar-refractivity contribution in [1.29, 1.82) is 0 Å². The van der Waals surface area contributed by atoms with Crippen LogP contribution in [0.15, 0.2) is 36.4 Å². The third-order valence-electron chi connectivity index (χ3n) is 3.05. The maximum atomic E-state index is 12.1. The van der Waals surface area contributed by atoms with Gasteiger partial charge in [-0.05, 0) is 12.1 Å². The molecule has 0 radical (unpaired) electrons. The summed E-state index contributed by atoms with van der Waals surface area (Å²) in [5, 5.41) is 12.4. The molecular weight excluding hydrogens is 272 g/mol. The summed E-state index contributed by atoms with van der Waals surface area (Å²) in [5.41, 5.74) is 0.881. The zero-order valence-electron chi connectivity index (χ0n) is 11.6. The van der Waals surface area contributed by atoms with Crippen molar-refractivity contribution in [2.45, 2.75) is 12.5 Å². The van der Waals surface area contributed by atoms with Crippen molar-refractivity contribution in [2.24, 2.45) is 0 Å². The number of hydrogen-bond donors (Lipinski definition) is 2. The number of nitrogens with one attached hydrogen (secondary N) is 1. The number of carbonyl (C=O) groups excluding carboxylic acids is 1. The predicted octanol–water partition coefficient (Wildman–Crippen LogP) is 1.45. The van der Waals surface area contributed by atoms with E-state index in [1.54, 1.807) is 18.2 Å². The first-order chi connectivity index (χ1) is 10.1. The van der Waals surface area contributed by atoms with Gasteiger partial charge in [0.25, 0.3) is 5.91 Å². The van der Waals surface area contributed by atoms with Crippen LogP contribution in [0.1, 0.15) is 16.9 Å². The molecule has 2 N–H and O–H groups in total. The van der Waals surface area contributed by atoms with Crippen molar-refractivity contribution in [2.75, 3.05) is 13.7 Å². The van der Waals surface area contributed by atoms with Crippen molar-refractivity contribution in [3.05, 3.63) is 42.1 Å². The minimum absolute atomic E-state index is 0.192. The fourth-order valence-corrected chi connectivity index (χ4v) is 1.92. The van der Waals surface area contributed by atoms with Crippen LogP contribution in [0, 0.1) is 0 Å². The molecule has 21 heavy (non-hydrogen) atoms. The maximum Gasteiger partial charge on any atom is 0.326 e. The molecule has 0 aliphatic carbocycles. The standard InChI is InChI=1S/C15H16N2O4/c1-21-9-8-13(15(19)20)17-14(18)12-7-6-10-4-2-3-5-11(10)16-12/h2-7,13H,8-9H2,1H3,(H,17,18)(H,19,20). The summed E-state index contributed by atoms with van der Waals surface area (Å²) < 4.78 is 4.84. The molecule has 0 aliphatic heterocycles. The summed E-state index contributed by atoms with van der Waals surface area (Å²) >= 11 is 0. The molecule has 1 atom stereocenters. The van der Waals surface area contributed by atoms with Gasteiger partial charge in [0, 0.05) is 25.5 Å². The van der Waals surface area contributed by atoms with E-state index in [2.05, 4.69) is 10.3 Å². The highest BCUT2D eigenvalue weighted by molar-refractivity contribution is 5.96. The van der Waals surface area contributed by atoms with Crippen molar-refractivity contribution in [1.82, 2.24) is 10.3 Å². The number of rotatable bonds is 6. The van der Waals surface area contributed by atoms with Crippen LogP contribution < -0.4 is 5.32 Å². The number of ether oxygens (including phenoxy) is 1. The van der Waals surface area contributed by atoms with Crippen LogP contribution in [0.2, 0.25) is 0 Å². The second-order valence-electron chi connectivity index (χ2n) is 4.53. The number of fused-ring (bicyclic) bond motifs is 1. The van der Waals surface area contributed by atoms with Crippen LogP contribution in [0.25, 0.3) is 10.9 Å². The first-order valence-corrected chi connectivity index (χ1v) is 6.50. The van der Waals surface area contributed by atoms with E-state index in [4.69, 9.17) is 9.84 Å². The topological polar surface area (TPSA) is 88.5 Å². The lowest BCUT2D eigenvalue weighted by Crippen LogP contribution is -2.41. The molecule has 0 saturated heterocycles. The quantitative estimate of drug-likeness (QED) is 0.840. The Kier molecular flexibility index (Phi) is 4.84. The molecule has 1 amide bonds. The molecule has 0 bridgehead atoms. The molecule has 1 aromatic carbocycles. The Hall–Kier alpha value is -2.47. The number of aromatic nitrogens is 1. The minimum atomic E-state index is -1.10. The highest BCUT2D eigenvalue weighted by Crippen LogP contribution is 2.11. The average molecular weight is 288 g/mol. The first kappa shape index (κ1) is 14.9. The van der Waals surface area contributed by atoms with E-state index in [-0.39, 0.29) is 18.7 Å². The third-order valence-corrected chi connectivity index (χ3v) is 3.05. The molecule has 2 rings (SSSR count). The van der Waals surface area contributed by atoms with Crippen LogP contribution >= 0.6 is 0 Å². The summed E-state index contributed by atoms with van der Waals surface area (Å²) in [7, 11) is 1.48. The van der Waals surface area contributed by atoms with Gasteiger partial charge >= 0.3 is 5.97 Å². The molecule has 1 heterocycles. The number of pyridine rings is 1. The van der Waals surface area contributed by atoms with Crippen molar-refractivity contribution in [3.63, 3.8) is 0 Å². The Morgan fingerprint density at radius 1 is 1.29 bits per heavy atom. The predicted molar refractivity (Wildman–Crippen MR) is 77.1 cm³/mol. The lowest BCUT2D eigenvalue weighted by Gasteiger charge is -2.13. The summed E-state index contributed by atoms with van der Waals surface area (Å²) in [6, 6.07) is 9.76. The number of para-hydroxylation sites is 1. The molecule has 6 nitrogen and oxygen atoms in total. The van der Waals surface area contributed by atoms with Crippen LogP contribution in [0.4, 0.5) is 0 Å². The summed E-state index contributed by atoms with van der Waals surface area (Å²) in [6.07, 6.45) is 0.200. The molecule has 6 heteroatoms. The molecule has 110 valence electrons. The number of amides is 1. The molecule has 0 spiro atoms. The van der Waals surface area contributed by atoms with Crippen LogP contribution in [0.5, 0.6) is 0 Å². The second kappa shape index (κ2) is 6.81.